The molecule has 2 atom stereocenters. The minimum Gasteiger partial charge on any atom is -0.379 e. The minimum atomic E-state index is 0. The second kappa shape index (κ2) is 11.5. The van der Waals surface area contributed by atoms with E-state index in [1.54, 1.807) is 0 Å². The highest BCUT2D eigenvalue weighted by Gasteiger charge is 2.31. The Bertz CT molecular complexity index is 631. The third-order valence-corrected chi connectivity index (χ3v) is 6.46. The van der Waals surface area contributed by atoms with Crippen molar-refractivity contribution in [2.75, 3.05) is 66.1 Å². The Labute approximate surface area is 192 Å². The van der Waals surface area contributed by atoms with Gasteiger partial charge in [-0.2, -0.15) is 0 Å². The lowest BCUT2D eigenvalue weighted by Gasteiger charge is -2.33. The molecule has 2 unspecified atom stereocenters. The minimum absolute atomic E-state index is 0. The van der Waals surface area contributed by atoms with Gasteiger partial charge in [0.2, 0.25) is 0 Å². The summed E-state index contributed by atoms with van der Waals surface area (Å²) < 4.78 is 5.51. The Morgan fingerprint density at radius 1 is 1.10 bits per heavy atom. The lowest BCUT2D eigenvalue weighted by Crippen LogP contribution is -2.47. The summed E-state index contributed by atoms with van der Waals surface area (Å²) in [5.74, 6) is 1.05. The Balaban J connectivity index is 0.00000240. The largest absolute Gasteiger partial charge is 0.379 e. The fourth-order valence-corrected chi connectivity index (χ4v) is 4.88. The van der Waals surface area contributed by atoms with E-state index in [2.05, 4.69) is 55.3 Å². The van der Waals surface area contributed by atoms with Crippen molar-refractivity contribution in [3.05, 3.63) is 35.9 Å². The second-order valence-corrected chi connectivity index (χ2v) is 8.13. The maximum absolute atomic E-state index is 5.51. The van der Waals surface area contributed by atoms with Crippen molar-refractivity contribution in [1.82, 2.24) is 20.0 Å². The van der Waals surface area contributed by atoms with Crippen LogP contribution in [-0.4, -0.2) is 92.8 Å². The summed E-state index contributed by atoms with van der Waals surface area (Å²) in [7, 11) is 1.91. The Kier molecular flexibility index (Phi) is 9.02. The average Bonchev–Trinajstić information content (AvgIpc) is 3.45. The molecule has 3 aliphatic heterocycles. The van der Waals surface area contributed by atoms with Gasteiger partial charge in [0.15, 0.2) is 5.96 Å². The highest BCUT2D eigenvalue weighted by atomic mass is 127. The van der Waals surface area contributed by atoms with Crippen molar-refractivity contribution in [3.63, 3.8) is 0 Å². The molecule has 0 aliphatic carbocycles. The number of morpholine rings is 1. The molecule has 7 heteroatoms. The predicted molar refractivity (Wildman–Crippen MR) is 129 cm³/mol. The van der Waals surface area contributed by atoms with Crippen LogP contribution < -0.4 is 5.32 Å². The lowest BCUT2D eigenvalue weighted by molar-refractivity contribution is 0.0194. The number of ether oxygens (including phenoxy) is 1. The summed E-state index contributed by atoms with van der Waals surface area (Å²) in [5.41, 5.74) is 1.40. The van der Waals surface area contributed by atoms with Crippen molar-refractivity contribution in [2.45, 2.75) is 31.3 Å². The molecule has 3 saturated heterocycles. The van der Waals surface area contributed by atoms with E-state index in [-0.39, 0.29) is 24.0 Å². The average molecular weight is 513 g/mol. The van der Waals surface area contributed by atoms with Crippen LogP contribution in [0.5, 0.6) is 0 Å². The monoisotopic (exact) mass is 513 g/mol. The van der Waals surface area contributed by atoms with Crippen LogP contribution in [-0.2, 0) is 4.74 Å². The smallest absolute Gasteiger partial charge is 0.193 e. The van der Waals surface area contributed by atoms with Crippen molar-refractivity contribution < 1.29 is 4.74 Å². The van der Waals surface area contributed by atoms with E-state index in [9.17, 15) is 0 Å². The first kappa shape index (κ1) is 22.8. The molecule has 3 aliphatic rings. The zero-order valence-electron chi connectivity index (χ0n) is 17.6. The van der Waals surface area contributed by atoms with E-state index in [4.69, 9.17) is 4.74 Å². The summed E-state index contributed by atoms with van der Waals surface area (Å²) in [4.78, 5) is 12.3. The van der Waals surface area contributed by atoms with Crippen LogP contribution >= 0.6 is 24.0 Å². The van der Waals surface area contributed by atoms with Crippen molar-refractivity contribution in [1.29, 1.82) is 0 Å². The second-order valence-electron chi connectivity index (χ2n) is 8.13. The molecule has 0 aromatic heterocycles. The molecule has 29 heavy (non-hydrogen) atoms. The number of rotatable bonds is 5. The normalized spacial score (nSPS) is 25.1. The van der Waals surface area contributed by atoms with Gasteiger partial charge in [0.1, 0.15) is 0 Å². The molecule has 3 fully saturated rings. The molecular weight excluding hydrogens is 477 g/mol. The maximum atomic E-state index is 5.51. The highest BCUT2D eigenvalue weighted by molar-refractivity contribution is 14.0. The van der Waals surface area contributed by atoms with E-state index in [1.165, 1.54) is 37.9 Å². The Hall–Kier alpha value is -0.900. The molecular formula is C22H36IN5O. The number of likely N-dealkylation sites (tertiary alicyclic amines) is 2. The van der Waals surface area contributed by atoms with Gasteiger partial charge in [0.25, 0.3) is 0 Å². The van der Waals surface area contributed by atoms with Gasteiger partial charge in [-0.15, -0.1) is 24.0 Å². The maximum Gasteiger partial charge on any atom is 0.193 e. The standard InChI is InChI=1S/C22H35N5O.HI/c1-23-22(27-12-9-20(18-27)25-13-15-28-16-14-25)24-17-21(26-10-5-6-11-26)19-7-3-2-4-8-19;/h2-4,7-8,20-21H,5-6,9-18H2,1H3,(H,23,24);1H. The van der Waals surface area contributed by atoms with Crippen LogP contribution in [0, 0.1) is 0 Å². The van der Waals surface area contributed by atoms with Crippen LogP contribution in [0.4, 0.5) is 0 Å². The molecule has 0 bridgehead atoms. The molecule has 0 saturated carbocycles. The first-order valence-corrected chi connectivity index (χ1v) is 10.9. The van der Waals surface area contributed by atoms with Gasteiger partial charge in [-0.05, 0) is 37.9 Å². The third-order valence-electron chi connectivity index (χ3n) is 6.46. The predicted octanol–water partition coefficient (Wildman–Crippen LogP) is 2.42. The number of benzene rings is 1. The van der Waals surface area contributed by atoms with Crippen molar-refractivity contribution in [3.8, 4) is 0 Å². The fraction of sp³-hybridized carbons (Fsp3) is 0.682. The van der Waals surface area contributed by atoms with Gasteiger partial charge in [-0.25, -0.2) is 0 Å². The van der Waals surface area contributed by atoms with E-state index < -0.39 is 0 Å². The topological polar surface area (TPSA) is 43.3 Å². The molecule has 0 amide bonds. The van der Waals surface area contributed by atoms with Gasteiger partial charge in [-0.3, -0.25) is 14.8 Å². The Morgan fingerprint density at radius 2 is 1.83 bits per heavy atom. The highest BCUT2D eigenvalue weighted by Crippen LogP contribution is 2.25. The molecule has 1 aromatic carbocycles. The number of hydrogen-bond acceptors (Lipinski definition) is 4. The van der Waals surface area contributed by atoms with E-state index in [1.807, 2.05) is 7.05 Å². The van der Waals surface area contributed by atoms with Crippen LogP contribution in [0.3, 0.4) is 0 Å². The molecule has 1 aromatic rings. The number of nitrogens with one attached hydrogen (secondary N) is 1. The summed E-state index contributed by atoms with van der Waals surface area (Å²) in [6.45, 7) is 9.34. The SMILES string of the molecule is CN=C(NCC(c1ccccc1)N1CCCC1)N1CCC(N2CCOCC2)C1.I. The van der Waals surface area contributed by atoms with Crippen LogP contribution in [0.1, 0.15) is 30.9 Å². The van der Waals surface area contributed by atoms with Crippen LogP contribution in [0.15, 0.2) is 35.3 Å². The number of aliphatic imine (C=N–C) groups is 1. The molecule has 3 heterocycles. The fourth-order valence-electron chi connectivity index (χ4n) is 4.88. The van der Waals surface area contributed by atoms with E-state index >= 15 is 0 Å². The summed E-state index contributed by atoms with van der Waals surface area (Å²) >= 11 is 0. The lowest BCUT2D eigenvalue weighted by atomic mass is 10.1. The molecule has 4 rings (SSSR count). The van der Waals surface area contributed by atoms with E-state index in [0.29, 0.717) is 12.1 Å². The summed E-state index contributed by atoms with van der Waals surface area (Å²) in [6, 6.07) is 12.0. The zero-order valence-corrected chi connectivity index (χ0v) is 20.0. The number of hydrogen-bond donors (Lipinski definition) is 1. The van der Waals surface area contributed by atoms with Gasteiger partial charge >= 0.3 is 0 Å². The van der Waals surface area contributed by atoms with Gasteiger partial charge in [0.05, 0.1) is 19.3 Å². The van der Waals surface area contributed by atoms with Crippen LogP contribution in [0.25, 0.3) is 0 Å². The van der Waals surface area contributed by atoms with Crippen molar-refractivity contribution >= 4 is 29.9 Å². The Morgan fingerprint density at radius 3 is 2.52 bits per heavy atom. The molecule has 0 radical (unpaired) electrons. The van der Waals surface area contributed by atoms with Gasteiger partial charge in [-0.1, -0.05) is 30.3 Å². The molecule has 162 valence electrons. The first-order valence-electron chi connectivity index (χ1n) is 10.9. The molecule has 6 nitrogen and oxygen atoms in total. The van der Waals surface area contributed by atoms with Gasteiger partial charge < -0.3 is 15.0 Å². The van der Waals surface area contributed by atoms with E-state index in [0.717, 1.165) is 51.9 Å². The number of nitrogens with zero attached hydrogens (tertiary/aromatic N) is 4. The van der Waals surface area contributed by atoms with Crippen molar-refractivity contribution in [2.24, 2.45) is 4.99 Å². The van der Waals surface area contributed by atoms with Crippen LogP contribution in [0.2, 0.25) is 0 Å². The number of halogens is 1. The quantitative estimate of drug-likeness (QED) is 0.373. The third kappa shape index (κ3) is 5.83. The first-order chi connectivity index (χ1) is 13.8. The summed E-state index contributed by atoms with van der Waals surface area (Å²) in [5, 5.41) is 3.70. The zero-order chi connectivity index (χ0) is 19.2. The van der Waals surface area contributed by atoms with Gasteiger partial charge in [0, 0.05) is 45.8 Å². The summed E-state index contributed by atoms with van der Waals surface area (Å²) in [6.07, 6.45) is 3.84. The number of guanidine groups is 1. The molecule has 0 spiro atoms. The molecule has 1 N–H and O–H groups in total.